The van der Waals surface area contributed by atoms with Crippen molar-refractivity contribution in [1.29, 1.82) is 0 Å². The van der Waals surface area contributed by atoms with Crippen LogP contribution < -0.4 is 21.9 Å². The number of para-hydroxylation sites is 1. The van der Waals surface area contributed by atoms with E-state index >= 15 is 0 Å². The monoisotopic (exact) mass is 221 g/mol. The van der Waals surface area contributed by atoms with Crippen LogP contribution in [0.3, 0.4) is 0 Å². The molecule has 0 aliphatic heterocycles. The van der Waals surface area contributed by atoms with Crippen molar-refractivity contribution in [2.24, 2.45) is 27.2 Å². The highest BCUT2D eigenvalue weighted by atomic mass is 16.5. The number of rotatable bonds is 3. The molecular weight excluding hydrogens is 206 g/mol. The van der Waals surface area contributed by atoms with Crippen molar-refractivity contribution in [1.82, 2.24) is 0 Å². The van der Waals surface area contributed by atoms with Crippen molar-refractivity contribution < 1.29 is 4.74 Å². The Hall–Kier alpha value is -2.24. The first-order chi connectivity index (χ1) is 7.63. The first-order valence-electron chi connectivity index (χ1n) is 4.65. The first-order valence-corrected chi connectivity index (χ1v) is 4.65. The third-order valence-corrected chi connectivity index (χ3v) is 1.85. The van der Waals surface area contributed by atoms with Crippen molar-refractivity contribution in [3.63, 3.8) is 0 Å². The summed E-state index contributed by atoms with van der Waals surface area (Å²) in [4.78, 5) is 7.62. The van der Waals surface area contributed by atoms with Crippen LogP contribution in [0.4, 0.5) is 0 Å². The average Bonchev–Trinajstić information content (AvgIpc) is 2.26. The van der Waals surface area contributed by atoms with Crippen LogP contribution in [0.1, 0.15) is 5.56 Å². The van der Waals surface area contributed by atoms with Crippen molar-refractivity contribution in [2.45, 2.75) is 6.54 Å². The Morgan fingerprint density at radius 1 is 1.25 bits per heavy atom. The lowest BCUT2D eigenvalue weighted by Crippen LogP contribution is -2.26. The van der Waals surface area contributed by atoms with Gasteiger partial charge in [0.05, 0.1) is 13.7 Å². The Kier molecular flexibility index (Phi) is 4.14. The zero-order chi connectivity index (χ0) is 12.0. The van der Waals surface area contributed by atoms with Crippen LogP contribution in [0.5, 0.6) is 5.75 Å². The minimum Gasteiger partial charge on any atom is -0.496 e. The number of methoxy groups -OCH3 is 1. The van der Waals surface area contributed by atoms with Gasteiger partial charge in [-0.15, -0.1) is 0 Å². The van der Waals surface area contributed by atoms with Gasteiger partial charge in [-0.1, -0.05) is 18.2 Å². The summed E-state index contributed by atoms with van der Waals surface area (Å²) in [5, 5.41) is 0. The lowest BCUT2D eigenvalue weighted by atomic mass is 10.2. The maximum absolute atomic E-state index is 5.48. The molecule has 0 amide bonds. The fourth-order valence-corrected chi connectivity index (χ4v) is 1.17. The van der Waals surface area contributed by atoms with Gasteiger partial charge in [0.1, 0.15) is 5.75 Å². The second kappa shape index (κ2) is 5.59. The van der Waals surface area contributed by atoms with E-state index in [-0.39, 0.29) is 11.9 Å². The quantitative estimate of drug-likeness (QED) is 0.484. The van der Waals surface area contributed by atoms with Gasteiger partial charge in [-0.3, -0.25) is 0 Å². The molecule has 16 heavy (non-hydrogen) atoms. The standard InChI is InChI=1S/C10H15N5O/c1-16-8-5-3-2-4-7(8)6-14-10(13)15-9(11)12/h2-5H,6H2,1H3,(H6,11,12,13,14,15). The predicted octanol–water partition coefficient (Wildman–Crippen LogP) is -0.217. The highest BCUT2D eigenvalue weighted by molar-refractivity contribution is 5.92. The van der Waals surface area contributed by atoms with Gasteiger partial charge in [-0.05, 0) is 6.07 Å². The molecule has 0 heterocycles. The summed E-state index contributed by atoms with van der Waals surface area (Å²) in [7, 11) is 1.60. The van der Waals surface area contributed by atoms with Gasteiger partial charge in [-0.2, -0.15) is 4.99 Å². The number of hydrogen-bond acceptors (Lipinski definition) is 2. The SMILES string of the molecule is COc1ccccc1CN=C(N)N=C(N)N. The van der Waals surface area contributed by atoms with E-state index < -0.39 is 0 Å². The second-order valence-corrected chi connectivity index (χ2v) is 3.02. The Balaban J connectivity index is 2.78. The lowest BCUT2D eigenvalue weighted by molar-refractivity contribution is 0.410. The number of nitrogens with zero attached hydrogens (tertiary/aromatic N) is 2. The fourth-order valence-electron chi connectivity index (χ4n) is 1.17. The third kappa shape index (κ3) is 3.49. The summed E-state index contributed by atoms with van der Waals surface area (Å²) in [5.41, 5.74) is 16.7. The van der Waals surface area contributed by atoms with Crippen molar-refractivity contribution >= 4 is 11.9 Å². The Morgan fingerprint density at radius 3 is 2.56 bits per heavy atom. The molecule has 0 saturated carbocycles. The highest BCUT2D eigenvalue weighted by Gasteiger charge is 2.00. The van der Waals surface area contributed by atoms with Crippen LogP contribution in [-0.4, -0.2) is 19.0 Å². The second-order valence-electron chi connectivity index (χ2n) is 3.02. The van der Waals surface area contributed by atoms with E-state index in [1.165, 1.54) is 0 Å². The number of nitrogens with two attached hydrogens (primary N) is 3. The van der Waals surface area contributed by atoms with Crippen LogP contribution in [0, 0.1) is 0 Å². The van der Waals surface area contributed by atoms with Crippen LogP contribution in [0.2, 0.25) is 0 Å². The molecule has 0 spiro atoms. The topological polar surface area (TPSA) is 112 Å². The molecule has 6 heteroatoms. The van der Waals surface area contributed by atoms with Gasteiger partial charge in [0.25, 0.3) is 0 Å². The van der Waals surface area contributed by atoms with Gasteiger partial charge in [-0.25, -0.2) is 4.99 Å². The summed E-state index contributed by atoms with van der Waals surface area (Å²) in [5.74, 6) is 0.691. The van der Waals surface area contributed by atoms with Gasteiger partial charge in [0.2, 0.25) is 5.96 Å². The van der Waals surface area contributed by atoms with Crippen molar-refractivity contribution in [3.8, 4) is 5.75 Å². The number of ether oxygens (including phenoxy) is 1. The minimum atomic E-state index is -0.110. The molecular formula is C10H15N5O. The van der Waals surface area contributed by atoms with Gasteiger partial charge in [0, 0.05) is 5.56 Å². The van der Waals surface area contributed by atoms with Gasteiger partial charge >= 0.3 is 0 Å². The maximum atomic E-state index is 5.48. The number of guanidine groups is 2. The Bertz CT molecular complexity index is 409. The summed E-state index contributed by atoms with van der Waals surface area (Å²) in [6.45, 7) is 0.368. The van der Waals surface area contributed by atoms with Crippen molar-refractivity contribution in [2.75, 3.05) is 7.11 Å². The molecule has 0 saturated heterocycles. The minimum absolute atomic E-state index is 0.0471. The number of benzene rings is 1. The Morgan fingerprint density at radius 2 is 1.94 bits per heavy atom. The van der Waals surface area contributed by atoms with Crippen LogP contribution in [0.15, 0.2) is 34.3 Å². The van der Waals surface area contributed by atoms with Gasteiger partial charge in [0.15, 0.2) is 5.96 Å². The van der Waals surface area contributed by atoms with E-state index in [0.717, 1.165) is 11.3 Å². The lowest BCUT2D eigenvalue weighted by Gasteiger charge is -2.05. The molecule has 0 aromatic heterocycles. The molecule has 6 nitrogen and oxygen atoms in total. The van der Waals surface area contributed by atoms with E-state index in [1.54, 1.807) is 7.11 Å². The largest absolute Gasteiger partial charge is 0.496 e. The molecule has 1 aromatic rings. The number of hydrogen-bond donors (Lipinski definition) is 3. The molecule has 0 radical (unpaired) electrons. The normalized spacial score (nSPS) is 10.9. The average molecular weight is 221 g/mol. The molecule has 0 fully saturated rings. The Labute approximate surface area is 93.8 Å². The van der Waals surface area contributed by atoms with E-state index in [0.29, 0.717) is 6.54 Å². The van der Waals surface area contributed by atoms with Crippen LogP contribution in [-0.2, 0) is 6.54 Å². The smallest absolute Gasteiger partial charge is 0.218 e. The maximum Gasteiger partial charge on any atom is 0.218 e. The van der Waals surface area contributed by atoms with E-state index in [9.17, 15) is 0 Å². The summed E-state index contributed by atoms with van der Waals surface area (Å²) in [6, 6.07) is 7.52. The molecule has 0 unspecified atom stereocenters. The molecule has 1 aromatic carbocycles. The predicted molar refractivity (Wildman–Crippen MR) is 64.1 cm³/mol. The van der Waals surface area contributed by atoms with E-state index in [4.69, 9.17) is 21.9 Å². The fraction of sp³-hybridized carbons (Fsp3) is 0.200. The molecule has 6 N–H and O–H groups in total. The third-order valence-electron chi connectivity index (χ3n) is 1.85. The zero-order valence-corrected chi connectivity index (χ0v) is 9.05. The summed E-state index contributed by atoms with van der Waals surface area (Å²) in [6.07, 6.45) is 0. The van der Waals surface area contributed by atoms with E-state index in [2.05, 4.69) is 9.98 Å². The van der Waals surface area contributed by atoms with Crippen LogP contribution in [0.25, 0.3) is 0 Å². The van der Waals surface area contributed by atoms with Crippen LogP contribution >= 0.6 is 0 Å². The van der Waals surface area contributed by atoms with E-state index in [1.807, 2.05) is 24.3 Å². The summed E-state index contributed by atoms with van der Waals surface area (Å²) < 4.78 is 5.16. The van der Waals surface area contributed by atoms with Gasteiger partial charge < -0.3 is 21.9 Å². The molecule has 0 bridgehead atoms. The molecule has 0 aliphatic carbocycles. The van der Waals surface area contributed by atoms with Crippen molar-refractivity contribution in [3.05, 3.63) is 29.8 Å². The molecule has 86 valence electrons. The molecule has 0 atom stereocenters. The highest BCUT2D eigenvalue weighted by Crippen LogP contribution is 2.17. The first kappa shape index (κ1) is 11.8. The molecule has 1 rings (SSSR count). The molecule has 0 aliphatic rings. The summed E-state index contributed by atoms with van der Waals surface area (Å²) >= 11 is 0. The number of aliphatic imine (C=N–C) groups is 2. The zero-order valence-electron chi connectivity index (χ0n) is 9.05.